The first kappa shape index (κ1) is 18.5. The molecule has 0 saturated heterocycles. The second kappa shape index (κ2) is 8.30. The SMILES string of the molecule is Cc1c(Cl)cccc1NC(=O)c1cccc(NC(=O)CCC(=O)[O-])c1. The van der Waals surface area contributed by atoms with Crippen LogP contribution in [0.1, 0.15) is 28.8 Å². The van der Waals surface area contributed by atoms with Crippen molar-refractivity contribution >= 4 is 40.8 Å². The zero-order valence-corrected chi connectivity index (χ0v) is 14.2. The lowest BCUT2D eigenvalue weighted by molar-refractivity contribution is -0.305. The maximum Gasteiger partial charge on any atom is 0.255 e. The van der Waals surface area contributed by atoms with Crippen LogP contribution in [0.4, 0.5) is 11.4 Å². The molecular weight excluding hydrogens is 344 g/mol. The van der Waals surface area contributed by atoms with Crippen LogP contribution in [-0.2, 0) is 9.59 Å². The van der Waals surface area contributed by atoms with Gasteiger partial charge >= 0.3 is 0 Å². The van der Waals surface area contributed by atoms with Gasteiger partial charge in [-0.1, -0.05) is 23.7 Å². The van der Waals surface area contributed by atoms with Crippen LogP contribution in [0.3, 0.4) is 0 Å². The van der Waals surface area contributed by atoms with Gasteiger partial charge in [0.15, 0.2) is 0 Å². The molecule has 130 valence electrons. The van der Waals surface area contributed by atoms with Crippen molar-refractivity contribution in [3.63, 3.8) is 0 Å². The van der Waals surface area contributed by atoms with E-state index in [4.69, 9.17) is 11.6 Å². The number of hydrogen-bond donors (Lipinski definition) is 2. The van der Waals surface area contributed by atoms with Gasteiger partial charge in [-0.3, -0.25) is 9.59 Å². The zero-order chi connectivity index (χ0) is 18.4. The minimum atomic E-state index is -1.29. The number of benzene rings is 2. The van der Waals surface area contributed by atoms with Crippen molar-refractivity contribution in [3.8, 4) is 0 Å². The Labute approximate surface area is 149 Å². The third-order valence-corrected chi connectivity index (χ3v) is 3.89. The third-order valence-electron chi connectivity index (χ3n) is 3.48. The van der Waals surface area contributed by atoms with Crippen LogP contribution in [0.25, 0.3) is 0 Å². The Morgan fingerprint density at radius 1 is 1.04 bits per heavy atom. The molecule has 0 atom stereocenters. The number of hydrogen-bond acceptors (Lipinski definition) is 4. The lowest BCUT2D eigenvalue weighted by Gasteiger charge is -2.11. The van der Waals surface area contributed by atoms with Gasteiger partial charge in [0.05, 0.1) is 0 Å². The van der Waals surface area contributed by atoms with Crippen LogP contribution in [0, 0.1) is 6.92 Å². The van der Waals surface area contributed by atoms with E-state index >= 15 is 0 Å². The average Bonchev–Trinajstić information content (AvgIpc) is 2.57. The van der Waals surface area contributed by atoms with E-state index in [2.05, 4.69) is 10.6 Å². The van der Waals surface area contributed by atoms with Gasteiger partial charge in [-0.05, 0) is 49.2 Å². The van der Waals surface area contributed by atoms with Crippen molar-refractivity contribution < 1.29 is 19.5 Å². The molecule has 2 aromatic carbocycles. The highest BCUT2D eigenvalue weighted by molar-refractivity contribution is 6.31. The van der Waals surface area contributed by atoms with Crippen LogP contribution in [0.2, 0.25) is 5.02 Å². The minimum Gasteiger partial charge on any atom is -0.550 e. The second-order valence-electron chi connectivity index (χ2n) is 5.37. The first-order valence-corrected chi connectivity index (χ1v) is 7.91. The van der Waals surface area contributed by atoms with Gasteiger partial charge in [0, 0.05) is 34.4 Å². The lowest BCUT2D eigenvalue weighted by Crippen LogP contribution is -2.24. The zero-order valence-electron chi connectivity index (χ0n) is 13.5. The van der Waals surface area contributed by atoms with Gasteiger partial charge in [-0.2, -0.15) is 0 Å². The molecule has 2 N–H and O–H groups in total. The molecule has 0 bridgehead atoms. The summed E-state index contributed by atoms with van der Waals surface area (Å²) in [6.07, 6.45) is -0.555. The van der Waals surface area contributed by atoms with Gasteiger partial charge in [-0.25, -0.2) is 0 Å². The first-order valence-electron chi connectivity index (χ1n) is 7.53. The van der Waals surface area contributed by atoms with Crippen LogP contribution >= 0.6 is 11.6 Å². The molecule has 0 radical (unpaired) electrons. The number of anilines is 2. The van der Waals surface area contributed by atoms with E-state index in [1.165, 1.54) is 6.07 Å². The summed E-state index contributed by atoms with van der Waals surface area (Å²) in [6, 6.07) is 11.5. The summed E-state index contributed by atoms with van der Waals surface area (Å²) in [7, 11) is 0. The topological polar surface area (TPSA) is 98.3 Å². The Kier molecular flexibility index (Phi) is 6.14. The van der Waals surface area contributed by atoms with Crippen molar-refractivity contribution in [2.75, 3.05) is 10.6 Å². The number of nitrogens with one attached hydrogen (secondary N) is 2. The quantitative estimate of drug-likeness (QED) is 0.827. The van der Waals surface area contributed by atoms with E-state index in [0.717, 1.165) is 5.56 Å². The molecule has 2 amide bonds. The Morgan fingerprint density at radius 3 is 2.48 bits per heavy atom. The maximum atomic E-state index is 12.4. The summed E-state index contributed by atoms with van der Waals surface area (Å²) in [5.41, 5.74) is 2.10. The van der Waals surface area contributed by atoms with Gasteiger partial charge < -0.3 is 20.5 Å². The second-order valence-corrected chi connectivity index (χ2v) is 5.77. The fourth-order valence-electron chi connectivity index (χ4n) is 2.11. The lowest BCUT2D eigenvalue weighted by atomic mass is 10.1. The number of rotatable bonds is 6. The predicted molar refractivity (Wildman–Crippen MR) is 93.5 cm³/mol. The highest BCUT2D eigenvalue weighted by Gasteiger charge is 2.10. The van der Waals surface area contributed by atoms with Crippen molar-refractivity contribution in [3.05, 3.63) is 58.6 Å². The van der Waals surface area contributed by atoms with Crippen molar-refractivity contribution in [2.45, 2.75) is 19.8 Å². The Morgan fingerprint density at radius 2 is 1.76 bits per heavy atom. The number of carboxylic acids is 1. The van der Waals surface area contributed by atoms with Crippen molar-refractivity contribution in [1.82, 2.24) is 0 Å². The van der Waals surface area contributed by atoms with E-state index in [9.17, 15) is 19.5 Å². The number of halogens is 1. The molecule has 0 aromatic heterocycles. The van der Waals surface area contributed by atoms with Crippen LogP contribution in [0.5, 0.6) is 0 Å². The Balaban J connectivity index is 2.07. The fourth-order valence-corrected chi connectivity index (χ4v) is 2.29. The predicted octanol–water partition coefficient (Wildman–Crippen LogP) is 2.37. The fraction of sp³-hybridized carbons (Fsp3) is 0.167. The van der Waals surface area contributed by atoms with Crippen LogP contribution in [-0.4, -0.2) is 17.8 Å². The van der Waals surface area contributed by atoms with Gasteiger partial charge in [-0.15, -0.1) is 0 Å². The molecule has 0 aliphatic rings. The van der Waals surface area contributed by atoms with Gasteiger partial charge in [0.25, 0.3) is 5.91 Å². The molecule has 25 heavy (non-hydrogen) atoms. The van der Waals surface area contributed by atoms with E-state index in [-0.39, 0.29) is 18.7 Å². The van der Waals surface area contributed by atoms with E-state index in [1.54, 1.807) is 43.3 Å². The monoisotopic (exact) mass is 359 g/mol. The molecule has 0 saturated carbocycles. The summed E-state index contributed by atoms with van der Waals surface area (Å²) < 4.78 is 0. The molecule has 2 rings (SSSR count). The molecule has 6 nitrogen and oxygen atoms in total. The summed E-state index contributed by atoms with van der Waals surface area (Å²) in [6.45, 7) is 1.80. The molecular formula is C18H16ClN2O4-. The van der Waals surface area contributed by atoms with Crippen LogP contribution in [0.15, 0.2) is 42.5 Å². The number of aliphatic carboxylic acids is 1. The van der Waals surface area contributed by atoms with E-state index < -0.39 is 11.9 Å². The Bertz CT molecular complexity index is 820. The molecule has 0 aliphatic carbocycles. The first-order chi connectivity index (χ1) is 11.9. The molecule has 0 aliphatic heterocycles. The average molecular weight is 360 g/mol. The summed E-state index contributed by atoms with van der Waals surface area (Å²) in [5, 5.41) is 16.2. The third kappa shape index (κ3) is 5.32. The highest BCUT2D eigenvalue weighted by Crippen LogP contribution is 2.23. The maximum absolute atomic E-state index is 12.4. The molecule has 2 aromatic rings. The van der Waals surface area contributed by atoms with Gasteiger partial charge in [0.1, 0.15) is 0 Å². The molecule has 0 heterocycles. The number of carboxylic acid groups (broad SMARTS) is 1. The number of carbonyl (C=O) groups is 3. The minimum absolute atomic E-state index is 0.194. The Hall–Kier alpha value is -2.86. The highest BCUT2D eigenvalue weighted by atomic mass is 35.5. The van der Waals surface area contributed by atoms with Crippen LogP contribution < -0.4 is 15.7 Å². The largest absolute Gasteiger partial charge is 0.550 e. The molecule has 0 fully saturated rings. The smallest absolute Gasteiger partial charge is 0.255 e. The van der Waals surface area contributed by atoms with E-state index in [1.807, 2.05) is 0 Å². The van der Waals surface area contributed by atoms with Gasteiger partial charge in [0.2, 0.25) is 5.91 Å². The molecule has 0 unspecified atom stereocenters. The molecule has 0 spiro atoms. The standard InChI is InChI=1S/C18H17ClN2O4/c1-11-14(19)6-3-7-15(11)21-18(25)12-4-2-5-13(10-12)20-16(22)8-9-17(23)24/h2-7,10H,8-9H2,1H3,(H,20,22)(H,21,25)(H,23,24)/p-1. The summed E-state index contributed by atoms with van der Waals surface area (Å²) in [5.74, 6) is -2.11. The number of amides is 2. The summed E-state index contributed by atoms with van der Waals surface area (Å²) in [4.78, 5) is 34.4. The molecule has 7 heteroatoms. The normalized spacial score (nSPS) is 10.2. The summed E-state index contributed by atoms with van der Waals surface area (Å²) >= 11 is 6.03. The van der Waals surface area contributed by atoms with Crippen molar-refractivity contribution in [2.24, 2.45) is 0 Å². The van der Waals surface area contributed by atoms with E-state index in [0.29, 0.717) is 22.0 Å². The van der Waals surface area contributed by atoms with Crippen molar-refractivity contribution in [1.29, 1.82) is 0 Å². The number of carbonyl (C=O) groups excluding carboxylic acids is 3.